The standard InChI is InChI=1S/C16H14N4OS/c1-21-12-7-5-10(6-8-12)14-13(9-17)20-16(18-14)22-15(19-20)11-3-2-4-11/h5-8,11H,2-4H2,1H3. The number of aromatic nitrogens is 3. The highest BCUT2D eigenvalue weighted by Crippen LogP contribution is 2.39. The summed E-state index contributed by atoms with van der Waals surface area (Å²) in [5.74, 6) is 1.34. The van der Waals surface area contributed by atoms with Crippen molar-refractivity contribution in [1.82, 2.24) is 14.6 Å². The molecule has 0 saturated heterocycles. The van der Waals surface area contributed by atoms with E-state index < -0.39 is 0 Å². The van der Waals surface area contributed by atoms with Crippen LogP contribution in [0.15, 0.2) is 24.3 Å². The predicted octanol–water partition coefficient (Wildman–Crippen LogP) is 3.61. The van der Waals surface area contributed by atoms with E-state index in [9.17, 15) is 5.26 Å². The summed E-state index contributed by atoms with van der Waals surface area (Å²) < 4.78 is 6.86. The van der Waals surface area contributed by atoms with Gasteiger partial charge in [-0.1, -0.05) is 17.8 Å². The van der Waals surface area contributed by atoms with Crippen LogP contribution in [0.1, 0.15) is 35.9 Å². The number of imidazole rings is 1. The van der Waals surface area contributed by atoms with Crippen LogP contribution in [0.4, 0.5) is 0 Å². The molecule has 0 N–H and O–H groups in total. The van der Waals surface area contributed by atoms with E-state index in [0.717, 1.165) is 21.3 Å². The molecule has 1 saturated carbocycles. The number of methoxy groups -OCH3 is 1. The Labute approximate surface area is 131 Å². The Morgan fingerprint density at radius 2 is 2.09 bits per heavy atom. The molecule has 0 aliphatic heterocycles. The van der Waals surface area contributed by atoms with Gasteiger partial charge in [0.1, 0.15) is 22.5 Å². The molecule has 0 unspecified atom stereocenters. The molecule has 3 aromatic rings. The van der Waals surface area contributed by atoms with Crippen molar-refractivity contribution in [2.45, 2.75) is 25.2 Å². The summed E-state index contributed by atoms with van der Waals surface area (Å²) in [5.41, 5.74) is 2.09. The number of benzene rings is 1. The van der Waals surface area contributed by atoms with Crippen LogP contribution < -0.4 is 4.74 Å². The van der Waals surface area contributed by atoms with Gasteiger partial charge < -0.3 is 4.74 Å². The second kappa shape index (κ2) is 5.11. The zero-order valence-electron chi connectivity index (χ0n) is 12.1. The summed E-state index contributed by atoms with van der Waals surface area (Å²) in [6.07, 6.45) is 3.67. The van der Waals surface area contributed by atoms with E-state index in [1.54, 1.807) is 23.0 Å². The van der Waals surface area contributed by atoms with E-state index in [4.69, 9.17) is 4.74 Å². The lowest BCUT2D eigenvalue weighted by molar-refractivity contribution is 0.415. The Balaban J connectivity index is 1.80. The third-order valence-electron chi connectivity index (χ3n) is 4.14. The van der Waals surface area contributed by atoms with E-state index in [0.29, 0.717) is 17.3 Å². The first-order valence-corrected chi connectivity index (χ1v) is 8.06. The lowest BCUT2D eigenvalue weighted by atomic mass is 9.86. The molecule has 5 nitrogen and oxygen atoms in total. The highest BCUT2D eigenvalue weighted by atomic mass is 32.1. The number of fused-ring (bicyclic) bond motifs is 1. The van der Waals surface area contributed by atoms with Gasteiger partial charge in [0.05, 0.1) is 7.11 Å². The third-order valence-corrected chi connectivity index (χ3v) is 5.21. The Hall–Kier alpha value is -2.39. The number of rotatable bonds is 3. The van der Waals surface area contributed by atoms with Crippen LogP contribution in [-0.2, 0) is 0 Å². The van der Waals surface area contributed by atoms with Crippen molar-refractivity contribution >= 4 is 16.3 Å². The average Bonchev–Trinajstić information content (AvgIpc) is 3.02. The Morgan fingerprint density at radius 3 is 2.68 bits per heavy atom. The fourth-order valence-electron chi connectivity index (χ4n) is 2.63. The van der Waals surface area contributed by atoms with Gasteiger partial charge in [0.25, 0.3) is 0 Å². The first kappa shape index (κ1) is 13.3. The number of nitrogens with zero attached hydrogens (tertiary/aromatic N) is 4. The van der Waals surface area contributed by atoms with Gasteiger partial charge in [0.15, 0.2) is 5.69 Å². The van der Waals surface area contributed by atoms with E-state index in [1.807, 2.05) is 24.3 Å². The van der Waals surface area contributed by atoms with Gasteiger partial charge in [-0.05, 0) is 37.1 Å². The van der Waals surface area contributed by atoms with Crippen molar-refractivity contribution in [1.29, 1.82) is 5.26 Å². The van der Waals surface area contributed by atoms with Crippen molar-refractivity contribution in [3.8, 4) is 23.1 Å². The topological polar surface area (TPSA) is 63.2 Å². The van der Waals surface area contributed by atoms with Gasteiger partial charge >= 0.3 is 0 Å². The van der Waals surface area contributed by atoms with Gasteiger partial charge in [-0.15, -0.1) is 0 Å². The Morgan fingerprint density at radius 1 is 1.32 bits per heavy atom. The maximum atomic E-state index is 9.52. The van der Waals surface area contributed by atoms with Crippen molar-refractivity contribution in [3.63, 3.8) is 0 Å². The highest BCUT2D eigenvalue weighted by Gasteiger charge is 2.25. The zero-order chi connectivity index (χ0) is 15.1. The number of hydrogen-bond donors (Lipinski definition) is 0. The van der Waals surface area contributed by atoms with Crippen molar-refractivity contribution in [3.05, 3.63) is 35.0 Å². The number of hydrogen-bond acceptors (Lipinski definition) is 5. The van der Waals surface area contributed by atoms with Gasteiger partial charge in [-0.3, -0.25) is 0 Å². The lowest BCUT2D eigenvalue weighted by Crippen LogP contribution is -2.08. The fourth-order valence-corrected chi connectivity index (χ4v) is 3.70. The van der Waals surface area contributed by atoms with E-state index >= 15 is 0 Å². The van der Waals surface area contributed by atoms with Crippen LogP contribution in [0.5, 0.6) is 5.75 Å². The first-order chi connectivity index (χ1) is 10.8. The largest absolute Gasteiger partial charge is 0.497 e. The van der Waals surface area contributed by atoms with Crippen LogP contribution in [0.3, 0.4) is 0 Å². The lowest BCUT2D eigenvalue weighted by Gasteiger charge is -2.21. The van der Waals surface area contributed by atoms with Gasteiger partial charge in [0.2, 0.25) is 4.96 Å². The minimum Gasteiger partial charge on any atom is -0.497 e. The summed E-state index contributed by atoms with van der Waals surface area (Å²) in [6, 6.07) is 9.82. The van der Waals surface area contributed by atoms with Crippen LogP contribution in [0.25, 0.3) is 16.2 Å². The van der Waals surface area contributed by atoms with E-state index in [1.165, 1.54) is 19.3 Å². The smallest absolute Gasteiger partial charge is 0.214 e. The number of ether oxygens (including phenoxy) is 1. The molecular formula is C16H14N4OS. The molecule has 0 atom stereocenters. The maximum Gasteiger partial charge on any atom is 0.214 e. The molecule has 1 fully saturated rings. The molecular weight excluding hydrogens is 296 g/mol. The predicted molar refractivity (Wildman–Crippen MR) is 84.2 cm³/mol. The monoisotopic (exact) mass is 310 g/mol. The molecule has 110 valence electrons. The van der Waals surface area contributed by atoms with Gasteiger partial charge in [-0.25, -0.2) is 4.98 Å². The van der Waals surface area contributed by atoms with Crippen LogP contribution in [-0.4, -0.2) is 21.7 Å². The second-order valence-corrected chi connectivity index (χ2v) is 6.40. The van der Waals surface area contributed by atoms with E-state index in [-0.39, 0.29) is 0 Å². The molecule has 2 aromatic heterocycles. The van der Waals surface area contributed by atoms with E-state index in [2.05, 4.69) is 16.2 Å². The molecule has 1 aromatic carbocycles. The highest BCUT2D eigenvalue weighted by molar-refractivity contribution is 7.16. The fraction of sp³-hybridized carbons (Fsp3) is 0.312. The average molecular weight is 310 g/mol. The number of nitriles is 1. The SMILES string of the molecule is COc1ccc(-c2nc3sc(C4CCC4)nn3c2C#N)cc1. The van der Waals surface area contributed by atoms with Gasteiger partial charge in [0, 0.05) is 11.5 Å². The summed E-state index contributed by atoms with van der Waals surface area (Å²) in [6.45, 7) is 0. The molecule has 1 aliphatic rings. The molecule has 6 heteroatoms. The normalized spacial score (nSPS) is 14.7. The zero-order valence-corrected chi connectivity index (χ0v) is 12.9. The molecule has 0 radical (unpaired) electrons. The molecule has 1 aliphatic carbocycles. The molecule has 0 amide bonds. The summed E-state index contributed by atoms with van der Waals surface area (Å²) >= 11 is 1.60. The molecule has 2 heterocycles. The Kier molecular flexibility index (Phi) is 3.09. The quantitative estimate of drug-likeness (QED) is 0.741. The van der Waals surface area contributed by atoms with Crippen LogP contribution >= 0.6 is 11.3 Å². The van der Waals surface area contributed by atoms with Crippen molar-refractivity contribution in [2.24, 2.45) is 0 Å². The summed E-state index contributed by atoms with van der Waals surface area (Å²) in [4.78, 5) is 5.42. The summed E-state index contributed by atoms with van der Waals surface area (Å²) in [7, 11) is 1.63. The minimum atomic E-state index is 0.502. The maximum absolute atomic E-state index is 9.52. The van der Waals surface area contributed by atoms with Gasteiger partial charge in [-0.2, -0.15) is 14.9 Å². The van der Waals surface area contributed by atoms with Crippen molar-refractivity contribution in [2.75, 3.05) is 7.11 Å². The molecule has 0 spiro atoms. The molecule has 0 bridgehead atoms. The van der Waals surface area contributed by atoms with Crippen LogP contribution in [0, 0.1) is 11.3 Å². The van der Waals surface area contributed by atoms with Crippen molar-refractivity contribution < 1.29 is 4.74 Å². The Bertz CT molecular complexity index is 868. The second-order valence-electron chi connectivity index (χ2n) is 5.41. The third kappa shape index (κ3) is 1.97. The first-order valence-electron chi connectivity index (χ1n) is 7.24. The minimum absolute atomic E-state index is 0.502. The molecule has 4 rings (SSSR count). The molecule has 22 heavy (non-hydrogen) atoms. The summed E-state index contributed by atoms with van der Waals surface area (Å²) in [5, 5.41) is 15.2. The van der Waals surface area contributed by atoms with Crippen LogP contribution in [0.2, 0.25) is 0 Å².